The Balaban J connectivity index is 0.823. The SMILES string of the molecule is CC(=O)O[C@H]1C(C)O[C@H](C)[C@H](O[C@@H]2OC(C)[C@H](O[C@@H]3OC[C@@H](C)C(OC45COC[C@]4(COCc4ccccc4)O[C@@H](c4ccccc4)O5)[C@H]3OCc3ccccc3)C(O[C@@H]3OC(COCc4ccccc4)[C@@H](OCc4ccccc4)C(OCc4ccccc4)[C@H]3C)[C@@H]2C)C1O[C@@H]1OC(C)[C@H](C)C2OC(C)(C)O[C@@H]21. The van der Waals surface area contributed by atoms with Gasteiger partial charge in [0.2, 0.25) is 5.79 Å². The monoisotopic (exact) mass is 1490 g/mol. The molecule has 0 saturated carbocycles. The third kappa shape index (κ3) is 18.0. The van der Waals surface area contributed by atoms with Crippen molar-refractivity contribution in [2.45, 2.75) is 255 Å². The maximum Gasteiger partial charge on any atom is 0.303 e. The van der Waals surface area contributed by atoms with Crippen molar-refractivity contribution in [3.05, 3.63) is 215 Å². The van der Waals surface area contributed by atoms with Gasteiger partial charge < -0.3 is 99.5 Å². The largest absolute Gasteiger partial charge is 0.457 e. The van der Waals surface area contributed by atoms with Crippen LogP contribution in [0.1, 0.15) is 116 Å². The van der Waals surface area contributed by atoms with E-state index in [9.17, 15) is 4.79 Å². The molecule has 8 heterocycles. The molecule has 0 amide bonds. The van der Waals surface area contributed by atoms with Crippen LogP contribution < -0.4 is 0 Å². The molecule has 0 radical (unpaired) electrons. The number of rotatable bonds is 29. The smallest absolute Gasteiger partial charge is 0.303 e. The zero-order valence-corrected chi connectivity index (χ0v) is 63.8. The zero-order valence-electron chi connectivity index (χ0n) is 63.8. The van der Waals surface area contributed by atoms with Gasteiger partial charge in [-0.1, -0.05) is 210 Å². The summed E-state index contributed by atoms with van der Waals surface area (Å²) >= 11 is 0. The average molecular weight is 1490 g/mol. The van der Waals surface area contributed by atoms with Gasteiger partial charge in [0.1, 0.15) is 49.3 Å². The summed E-state index contributed by atoms with van der Waals surface area (Å²) in [5.74, 6) is -4.57. The van der Waals surface area contributed by atoms with Crippen LogP contribution in [-0.4, -0.2) is 179 Å². The highest BCUT2D eigenvalue weighted by atomic mass is 16.9. The normalized spacial score (nSPS) is 38.0. The van der Waals surface area contributed by atoms with E-state index in [1.54, 1.807) is 0 Å². The summed E-state index contributed by atoms with van der Waals surface area (Å²) in [6.45, 7) is 22.8. The van der Waals surface area contributed by atoms with E-state index in [0.29, 0.717) is 13.2 Å². The maximum atomic E-state index is 13.3. The van der Waals surface area contributed by atoms with Crippen molar-refractivity contribution in [3.8, 4) is 0 Å². The Morgan fingerprint density at radius 3 is 1.49 bits per heavy atom. The Kier molecular flexibility index (Phi) is 25.8. The molecular formula is C86H108O22. The topological polar surface area (TPSA) is 211 Å². The first kappa shape index (κ1) is 78.7. The summed E-state index contributed by atoms with van der Waals surface area (Å²) in [6.07, 6.45) is -17.1. The Bertz CT molecular complexity index is 3740. The van der Waals surface area contributed by atoms with Gasteiger partial charge in [0, 0.05) is 36.2 Å². The van der Waals surface area contributed by atoms with Gasteiger partial charge in [-0.05, 0) is 69.4 Å². The molecule has 6 aromatic carbocycles. The second-order valence-corrected chi connectivity index (χ2v) is 30.9. The lowest BCUT2D eigenvalue weighted by Crippen LogP contribution is -2.66. The van der Waals surface area contributed by atoms with Crippen molar-refractivity contribution in [2.24, 2.45) is 23.7 Å². The Hall–Kier alpha value is -6.01. The van der Waals surface area contributed by atoms with E-state index in [4.69, 9.17) is 99.5 Å². The van der Waals surface area contributed by atoms with E-state index >= 15 is 0 Å². The summed E-state index contributed by atoms with van der Waals surface area (Å²) in [6, 6.07) is 59.9. The molecule has 108 heavy (non-hydrogen) atoms. The minimum Gasteiger partial charge on any atom is -0.457 e. The van der Waals surface area contributed by atoms with E-state index in [1.165, 1.54) is 6.92 Å². The molecule has 584 valence electrons. The number of esters is 1. The predicted molar refractivity (Wildman–Crippen MR) is 392 cm³/mol. The van der Waals surface area contributed by atoms with E-state index < -0.39 is 152 Å². The Morgan fingerprint density at radius 1 is 0.417 bits per heavy atom. The lowest BCUT2D eigenvalue weighted by Gasteiger charge is -2.52. The molecule has 10 unspecified atom stereocenters. The lowest BCUT2D eigenvalue weighted by molar-refractivity contribution is -0.390. The Labute approximate surface area is 634 Å². The van der Waals surface area contributed by atoms with Crippen molar-refractivity contribution in [1.82, 2.24) is 0 Å². The summed E-state index contributed by atoms with van der Waals surface area (Å²) < 4.78 is 147. The van der Waals surface area contributed by atoms with Crippen LogP contribution in [0.15, 0.2) is 182 Å². The van der Waals surface area contributed by atoms with Gasteiger partial charge >= 0.3 is 5.97 Å². The molecule has 27 atom stereocenters. The fourth-order valence-corrected chi connectivity index (χ4v) is 16.3. The highest BCUT2D eigenvalue weighted by Crippen LogP contribution is 2.53. The highest BCUT2D eigenvalue weighted by molar-refractivity contribution is 5.66. The molecule has 8 aliphatic rings. The number of carbonyl (C=O) groups is 1. The van der Waals surface area contributed by atoms with E-state index in [0.717, 1.165) is 33.4 Å². The minimum absolute atomic E-state index is 0.0188. The molecule has 0 bridgehead atoms. The standard InChI is InChI=1S/C86H108O22/c1-52-42-94-82(77(93-47-65-38-26-16-27-39-65)68(52)106-86-51-90-50-85(86,49-89-44-62-32-20-13-21-33-62)107-81(108-86)66-40-28-17-29-41-66)102-72-59(8)97-79(101-74-58(7)95-57(6)73(98-60(9)87)76(74)103-83-78-71(53(2)56(5)96-83)104-84(10,11)105-78)55(4)70(72)100-80-54(3)69(91-45-63-34-22-14-23-35-63)75(92-46-64-36-24-15-25-37-64)67(99-80)48-88-43-61-30-18-12-19-31-61/h12-41,52-59,67-83H,42-51H2,1-11H3/t52-,53+,54-,55+,56?,57?,58-,59?,67?,68?,69?,70?,71?,72+,73+,74+,75-,76?,77-,78+,79+,80+,81-,82+,83+,85+,86?/m1/s1. The van der Waals surface area contributed by atoms with Crippen molar-refractivity contribution >= 4 is 5.97 Å². The summed E-state index contributed by atoms with van der Waals surface area (Å²) in [7, 11) is 0. The number of hydrogen-bond acceptors (Lipinski definition) is 22. The molecule has 8 aliphatic heterocycles. The van der Waals surface area contributed by atoms with E-state index in [1.807, 2.05) is 230 Å². The Morgan fingerprint density at radius 2 is 0.889 bits per heavy atom. The fourth-order valence-electron chi connectivity index (χ4n) is 16.3. The second-order valence-electron chi connectivity index (χ2n) is 30.9. The van der Waals surface area contributed by atoms with Gasteiger partial charge in [-0.25, -0.2) is 0 Å². The van der Waals surface area contributed by atoms with Crippen molar-refractivity contribution in [2.75, 3.05) is 33.0 Å². The fraction of sp³-hybridized carbons (Fsp3) is 0.570. The number of carbonyl (C=O) groups excluding carboxylic acids is 1. The van der Waals surface area contributed by atoms with Gasteiger partial charge in [0.15, 0.2) is 48.9 Å². The molecule has 6 aromatic rings. The van der Waals surface area contributed by atoms with E-state index in [-0.39, 0.29) is 76.9 Å². The van der Waals surface area contributed by atoms with Gasteiger partial charge in [0.05, 0.1) is 108 Å². The van der Waals surface area contributed by atoms with Crippen molar-refractivity contribution in [1.29, 1.82) is 0 Å². The number of hydrogen-bond donors (Lipinski definition) is 0. The van der Waals surface area contributed by atoms with Crippen LogP contribution in [-0.2, 0) is 137 Å². The summed E-state index contributed by atoms with van der Waals surface area (Å²) in [4.78, 5) is 13.3. The number of fused-ring (bicyclic) bond motifs is 2. The molecule has 8 saturated heterocycles. The van der Waals surface area contributed by atoms with Gasteiger partial charge in [-0.3, -0.25) is 4.79 Å². The van der Waals surface area contributed by atoms with Crippen LogP contribution in [0.2, 0.25) is 0 Å². The summed E-state index contributed by atoms with van der Waals surface area (Å²) in [5, 5.41) is 0. The minimum atomic E-state index is -1.52. The van der Waals surface area contributed by atoms with Crippen LogP contribution in [0, 0.1) is 23.7 Å². The van der Waals surface area contributed by atoms with Gasteiger partial charge in [0.25, 0.3) is 0 Å². The predicted octanol–water partition coefficient (Wildman–Crippen LogP) is 12.7. The summed E-state index contributed by atoms with van der Waals surface area (Å²) in [5.41, 5.74) is 4.42. The van der Waals surface area contributed by atoms with Crippen LogP contribution in [0.3, 0.4) is 0 Å². The quantitative estimate of drug-likeness (QED) is 0.0400. The molecule has 0 aliphatic carbocycles. The first-order valence-electron chi connectivity index (χ1n) is 38.5. The third-order valence-electron chi connectivity index (χ3n) is 22.3. The first-order valence-corrected chi connectivity index (χ1v) is 38.5. The van der Waals surface area contributed by atoms with Crippen molar-refractivity contribution in [3.63, 3.8) is 0 Å². The maximum absolute atomic E-state index is 13.3. The van der Waals surface area contributed by atoms with Crippen LogP contribution >= 0.6 is 0 Å². The second kappa shape index (κ2) is 35.4. The molecule has 0 aromatic heterocycles. The van der Waals surface area contributed by atoms with E-state index in [2.05, 4.69) is 20.8 Å². The average Bonchev–Trinajstić information content (AvgIpc) is 1.53. The van der Waals surface area contributed by atoms with Crippen LogP contribution in [0.5, 0.6) is 0 Å². The number of benzene rings is 6. The lowest BCUT2D eigenvalue weighted by atomic mass is 9.89. The molecular weight excluding hydrogens is 1380 g/mol. The number of ether oxygens (including phenoxy) is 21. The van der Waals surface area contributed by atoms with Gasteiger partial charge in [-0.15, -0.1) is 0 Å². The highest BCUT2D eigenvalue weighted by Gasteiger charge is 2.69. The molecule has 22 nitrogen and oxygen atoms in total. The zero-order chi connectivity index (χ0) is 75.1. The molecule has 22 heteroatoms. The molecule has 14 rings (SSSR count). The molecule has 8 fully saturated rings. The first-order chi connectivity index (χ1) is 52.3. The molecule has 0 spiro atoms. The third-order valence-corrected chi connectivity index (χ3v) is 22.3. The van der Waals surface area contributed by atoms with Crippen LogP contribution in [0.4, 0.5) is 0 Å². The van der Waals surface area contributed by atoms with Crippen LogP contribution in [0.25, 0.3) is 0 Å². The molecule has 0 N–H and O–H groups in total. The van der Waals surface area contributed by atoms with Gasteiger partial charge in [-0.2, -0.15) is 0 Å². The van der Waals surface area contributed by atoms with Crippen molar-refractivity contribution < 1.29 is 104 Å².